The number of rotatable bonds is 7. The number of nitrogens with one attached hydrogen (secondary N) is 2. The molecule has 0 radical (unpaired) electrons. The fraction of sp³-hybridized carbons (Fsp3) is 0.182. The number of hydrogen-bond acceptors (Lipinski definition) is 8. The molecule has 2 N–H and O–H groups in total. The van der Waals surface area contributed by atoms with Crippen LogP contribution in [0.1, 0.15) is 10.4 Å². The minimum absolute atomic E-state index is 0.0154. The van der Waals surface area contributed by atoms with Crippen molar-refractivity contribution >= 4 is 35.0 Å². The fourth-order valence-electron chi connectivity index (χ4n) is 3.06. The predicted octanol–water partition coefficient (Wildman–Crippen LogP) is 2.50. The Morgan fingerprint density at radius 2 is 1.94 bits per heavy atom. The third-order valence-corrected chi connectivity index (χ3v) is 5.76. The highest BCUT2D eigenvalue weighted by molar-refractivity contribution is 7.99. The lowest BCUT2D eigenvalue weighted by atomic mass is 10.2. The van der Waals surface area contributed by atoms with Gasteiger partial charge in [-0.1, -0.05) is 23.9 Å². The Bertz CT molecular complexity index is 1280. The van der Waals surface area contributed by atoms with Crippen molar-refractivity contribution in [2.24, 2.45) is 7.05 Å². The van der Waals surface area contributed by atoms with Crippen molar-refractivity contribution in [1.29, 1.82) is 0 Å². The first-order chi connectivity index (χ1) is 16.0. The number of thioether (sulfide) groups is 1. The van der Waals surface area contributed by atoms with E-state index in [2.05, 4.69) is 15.6 Å². The van der Waals surface area contributed by atoms with Gasteiger partial charge in [0.1, 0.15) is 11.3 Å². The summed E-state index contributed by atoms with van der Waals surface area (Å²) in [4.78, 5) is 41.8. The van der Waals surface area contributed by atoms with Crippen molar-refractivity contribution in [3.8, 4) is 17.2 Å². The summed E-state index contributed by atoms with van der Waals surface area (Å²) in [5.74, 6) is 0.775. The monoisotopic (exact) mass is 468 g/mol. The molecular weight excluding hydrogens is 448 g/mol. The highest BCUT2D eigenvalue weighted by Crippen LogP contribution is 2.34. The van der Waals surface area contributed by atoms with Crippen LogP contribution in [0.5, 0.6) is 17.2 Å². The normalized spacial score (nSPS) is 11.7. The largest absolute Gasteiger partial charge is 0.495 e. The molecule has 0 unspecified atom stereocenters. The molecule has 0 saturated carbocycles. The predicted molar refractivity (Wildman–Crippen MR) is 122 cm³/mol. The highest BCUT2D eigenvalue weighted by atomic mass is 32.2. The molecule has 170 valence electrons. The molecule has 1 aliphatic rings. The number of anilines is 2. The molecule has 0 aliphatic carbocycles. The second-order valence-electron chi connectivity index (χ2n) is 6.88. The molecule has 3 aromatic rings. The van der Waals surface area contributed by atoms with Crippen LogP contribution in [0.25, 0.3) is 0 Å². The van der Waals surface area contributed by atoms with E-state index < -0.39 is 11.5 Å². The third-order valence-electron chi connectivity index (χ3n) is 4.71. The van der Waals surface area contributed by atoms with Gasteiger partial charge in [0, 0.05) is 25.0 Å². The molecule has 1 aliphatic heterocycles. The van der Waals surface area contributed by atoms with Crippen molar-refractivity contribution < 1.29 is 23.8 Å². The van der Waals surface area contributed by atoms with Crippen LogP contribution in [0.3, 0.4) is 0 Å². The maximum absolute atomic E-state index is 12.7. The number of para-hydroxylation sites is 2. The van der Waals surface area contributed by atoms with Crippen LogP contribution in [0.15, 0.2) is 58.6 Å². The lowest BCUT2D eigenvalue weighted by molar-refractivity contribution is -0.113. The molecule has 10 nitrogen and oxygen atoms in total. The molecule has 4 rings (SSSR count). The first kappa shape index (κ1) is 22.2. The Kier molecular flexibility index (Phi) is 6.50. The second kappa shape index (κ2) is 9.65. The number of carbonyl (C=O) groups excluding carboxylic acids is 2. The Hall–Kier alpha value is -3.99. The minimum atomic E-state index is -0.607. The Morgan fingerprint density at radius 3 is 2.76 bits per heavy atom. The number of nitrogens with zero attached hydrogens (tertiary/aromatic N) is 2. The van der Waals surface area contributed by atoms with E-state index in [9.17, 15) is 14.4 Å². The number of methoxy groups -OCH3 is 1. The van der Waals surface area contributed by atoms with E-state index in [1.807, 2.05) is 0 Å². The first-order valence-electron chi connectivity index (χ1n) is 9.79. The molecule has 0 atom stereocenters. The average Bonchev–Trinajstić information content (AvgIpc) is 3.28. The summed E-state index contributed by atoms with van der Waals surface area (Å²) in [6.07, 6.45) is 1.20. The summed E-state index contributed by atoms with van der Waals surface area (Å²) in [6, 6.07) is 12.0. The van der Waals surface area contributed by atoms with Gasteiger partial charge in [-0.2, -0.15) is 0 Å². The van der Waals surface area contributed by atoms with E-state index in [4.69, 9.17) is 14.2 Å². The number of hydrogen-bond donors (Lipinski definition) is 2. The maximum atomic E-state index is 12.7. The summed E-state index contributed by atoms with van der Waals surface area (Å²) in [5.41, 5.74) is 0.342. The first-order valence-corrected chi connectivity index (χ1v) is 10.8. The van der Waals surface area contributed by atoms with E-state index in [0.29, 0.717) is 33.8 Å². The number of aromatic nitrogens is 2. The van der Waals surface area contributed by atoms with E-state index >= 15 is 0 Å². The summed E-state index contributed by atoms with van der Waals surface area (Å²) in [5, 5.41) is 5.71. The number of amides is 2. The van der Waals surface area contributed by atoms with Crippen molar-refractivity contribution in [3.63, 3.8) is 0 Å². The molecule has 33 heavy (non-hydrogen) atoms. The second-order valence-corrected chi connectivity index (χ2v) is 7.82. The molecule has 2 aromatic carbocycles. The third kappa shape index (κ3) is 4.93. The van der Waals surface area contributed by atoms with Gasteiger partial charge in [0.05, 0.1) is 18.6 Å². The van der Waals surface area contributed by atoms with Crippen LogP contribution in [-0.4, -0.2) is 41.0 Å². The lowest BCUT2D eigenvalue weighted by Crippen LogP contribution is -2.29. The zero-order chi connectivity index (χ0) is 23.4. The topological polar surface area (TPSA) is 121 Å². The SMILES string of the molecule is COc1ccccc1NC(=O)c1cnc(SCC(=O)Nc2ccc3c(c2)OCO3)n(C)c1=O. The summed E-state index contributed by atoms with van der Waals surface area (Å²) < 4.78 is 17.0. The number of ether oxygens (including phenoxy) is 3. The van der Waals surface area contributed by atoms with Crippen LogP contribution in [0.4, 0.5) is 11.4 Å². The van der Waals surface area contributed by atoms with Crippen molar-refractivity contribution in [2.45, 2.75) is 5.16 Å². The van der Waals surface area contributed by atoms with Gasteiger partial charge in [0.25, 0.3) is 11.5 Å². The molecule has 0 spiro atoms. The molecule has 0 saturated heterocycles. The number of carbonyl (C=O) groups is 2. The number of benzene rings is 2. The van der Waals surface area contributed by atoms with Gasteiger partial charge in [0.15, 0.2) is 16.7 Å². The van der Waals surface area contributed by atoms with Gasteiger partial charge in [-0.25, -0.2) is 4.98 Å². The van der Waals surface area contributed by atoms with Gasteiger partial charge >= 0.3 is 0 Å². The summed E-state index contributed by atoms with van der Waals surface area (Å²) in [6.45, 7) is 0.148. The van der Waals surface area contributed by atoms with E-state index in [1.165, 1.54) is 24.9 Å². The Balaban J connectivity index is 1.40. The van der Waals surface area contributed by atoms with E-state index in [-0.39, 0.29) is 24.0 Å². The zero-order valence-corrected chi connectivity index (χ0v) is 18.6. The fourth-order valence-corrected chi connectivity index (χ4v) is 3.79. The van der Waals surface area contributed by atoms with E-state index in [1.54, 1.807) is 42.5 Å². The van der Waals surface area contributed by atoms with Gasteiger partial charge in [-0.15, -0.1) is 0 Å². The molecule has 0 fully saturated rings. The minimum Gasteiger partial charge on any atom is -0.495 e. The van der Waals surface area contributed by atoms with Gasteiger partial charge in [0.2, 0.25) is 12.7 Å². The lowest BCUT2D eigenvalue weighted by Gasteiger charge is -2.11. The average molecular weight is 468 g/mol. The molecule has 0 bridgehead atoms. The smallest absolute Gasteiger partial charge is 0.266 e. The number of fused-ring (bicyclic) bond motifs is 1. The molecule has 2 amide bonds. The standard InChI is InChI=1S/C22H20N4O6S/c1-26-21(29)14(20(28)25-15-5-3-4-6-16(15)30-2)10-23-22(26)33-11-19(27)24-13-7-8-17-18(9-13)32-12-31-17/h3-10H,11-12H2,1-2H3,(H,24,27)(H,25,28). The zero-order valence-electron chi connectivity index (χ0n) is 17.8. The highest BCUT2D eigenvalue weighted by Gasteiger charge is 2.18. The molecule has 1 aromatic heterocycles. The van der Waals surface area contributed by atoms with E-state index in [0.717, 1.165) is 11.8 Å². The van der Waals surface area contributed by atoms with Crippen LogP contribution in [-0.2, 0) is 11.8 Å². The van der Waals surface area contributed by atoms with Crippen molar-refractivity contribution in [3.05, 3.63) is 64.6 Å². The van der Waals surface area contributed by atoms with Crippen LogP contribution >= 0.6 is 11.8 Å². The Labute approximate surface area is 192 Å². The van der Waals surface area contributed by atoms with Gasteiger partial charge in [-0.3, -0.25) is 19.0 Å². The van der Waals surface area contributed by atoms with Crippen molar-refractivity contribution in [1.82, 2.24) is 9.55 Å². The van der Waals surface area contributed by atoms with Crippen LogP contribution in [0.2, 0.25) is 0 Å². The quantitative estimate of drug-likeness (QED) is 0.401. The van der Waals surface area contributed by atoms with Crippen molar-refractivity contribution in [2.75, 3.05) is 30.3 Å². The van der Waals surface area contributed by atoms with Crippen LogP contribution < -0.4 is 30.4 Å². The molecular formula is C22H20N4O6S. The molecule has 11 heteroatoms. The Morgan fingerprint density at radius 1 is 1.15 bits per heavy atom. The summed E-state index contributed by atoms with van der Waals surface area (Å²) >= 11 is 1.08. The van der Waals surface area contributed by atoms with Gasteiger partial charge in [-0.05, 0) is 24.3 Å². The van der Waals surface area contributed by atoms with Crippen LogP contribution in [0, 0.1) is 0 Å². The van der Waals surface area contributed by atoms with Gasteiger partial charge < -0.3 is 24.8 Å². The molecule has 2 heterocycles. The summed E-state index contributed by atoms with van der Waals surface area (Å²) in [7, 11) is 2.98. The maximum Gasteiger partial charge on any atom is 0.266 e.